The molecule has 2 aliphatic carbocycles. The van der Waals surface area contributed by atoms with E-state index in [0.717, 1.165) is 30.6 Å². The van der Waals surface area contributed by atoms with Crippen LogP contribution in [0.2, 0.25) is 0 Å². The van der Waals surface area contributed by atoms with Gasteiger partial charge in [0.25, 0.3) is 0 Å². The first-order chi connectivity index (χ1) is 14.1. The van der Waals surface area contributed by atoms with Gasteiger partial charge in [0.2, 0.25) is 0 Å². The maximum absolute atomic E-state index is 13.8. The fourth-order valence-electron chi connectivity index (χ4n) is 5.54. The molecule has 0 N–H and O–H groups in total. The molecule has 2 fully saturated rings. The third kappa shape index (κ3) is 6.29. The minimum Gasteiger partial charge on any atom is -0.205 e. The molecule has 3 rings (SSSR count). The van der Waals surface area contributed by atoms with Crippen LogP contribution >= 0.6 is 11.6 Å². The van der Waals surface area contributed by atoms with Crippen molar-refractivity contribution in [2.45, 2.75) is 77.0 Å². The van der Waals surface area contributed by atoms with Gasteiger partial charge in [-0.15, -0.1) is 0 Å². The molecule has 0 spiro atoms. The van der Waals surface area contributed by atoms with Gasteiger partial charge in [-0.25, -0.2) is 8.78 Å². The van der Waals surface area contributed by atoms with Gasteiger partial charge in [-0.3, -0.25) is 0 Å². The van der Waals surface area contributed by atoms with E-state index in [0.29, 0.717) is 17.9 Å². The lowest BCUT2D eigenvalue weighted by molar-refractivity contribution is 0.141. The molecule has 0 bridgehead atoms. The number of nitriles is 1. The zero-order valence-corrected chi connectivity index (χ0v) is 17.9. The average Bonchev–Trinajstić information content (AvgIpc) is 2.73. The van der Waals surface area contributed by atoms with E-state index < -0.39 is 17.2 Å². The van der Waals surface area contributed by atoms with Crippen LogP contribution in [0, 0.1) is 46.6 Å². The Morgan fingerprint density at radius 3 is 1.90 bits per heavy atom. The van der Waals surface area contributed by atoms with E-state index in [4.69, 9.17) is 16.9 Å². The Balaban J connectivity index is 1.38. The molecule has 0 atom stereocenters. The van der Waals surface area contributed by atoms with E-state index in [9.17, 15) is 8.78 Å². The molecule has 0 heterocycles. The van der Waals surface area contributed by atoms with Crippen LogP contribution in [0.1, 0.15) is 81.8 Å². The van der Waals surface area contributed by atoms with E-state index in [1.165, 1.54) is 69.9 Å². The van der Waals surface area contributed by atoms with E-state index in [1.807, 2.05) is 0 Å². The molecule has 4 heteroatoms. The first-order valence-corrected chi connectivity index (χ1v) is 11.7. The Morgan fingerprint density at radius 2 is 1.41 bits per heavy atom. The predicted octanol–water partition coefficient (Wildman–Crippen LogP) is 7.91. The summed E-state index contributed by atoms with van der Waals surface area (Å²) >= 11 is 5.61. The number of allylic oxidation sites excluding steroid dienone is 1. The molecular formula is C25H32ClF2N. The van der Waals surface area contributed by atoms with Crippen LogP contribution in [-0.4, -0.2) is 0 Å². The summed E-state index contributed by atoms with van der Waals surface area (Å²) in [6.07, 6.45) is 16.7. The summed E-state index contributed by atoms with van der Waals surface area (Å²) in [5.41, 5.74) is 1.83. The smallest absolute Gasteiger partial charge is 0.144 e. The highest BCUT2D eigenvalue weighted by Gasteiger charge is 2.30. The summed E-state index contributed by atoms with van der Waals surface area (Å²) in [7, 11) is 0. The van der Waals surface area contributed by atoms with Crippen LogP contribution in [0.4, 0.5) is 8.78 Å². The van der Waals surface area contributed by atoms with Crippen molar-refractivity contribution >= 4 is 11.6 Å². The van der Waals surface area contributed by atoms with Crippen molar-refractivity contribution in [2.24, 2.45) is 23.7 Å². The fraction of sp³-hybridized carbons (Fsp3) is 0.640. The zero-order valence-electron chi connectivity index (χ0n) is 17.2. The molecule has 1 nitrogen and oxygen atoms in total. The maximum atomic E-state index is 13.8. The molecule has 1 aromatic rings. The Hall–Kier alpha value is -1.40. The molecule has 0 aromatic heterocycles. The minimum atomic E-state index is -0.736. The van der Waals surface area contributed by atoms with E-state index in [1.54, 1.807) is 11.6 Å². The molecule has 0 unspecified atom stereocenters. The minimum absolute atomic E-state index is 0.473. The number of aryl methyl sites for hydroxylation is 1. The first-order valence-electron chi connectivity index (χ1n) is 11.2. The van der Waals surface area contributed by atoms with Gasteiger partial charge in [0, 0.05) is 5.54 Å². The Morgan fingerprint density at radius 1 is 0.897 bits per heavy atom. The first kappa shape index (κ1) is 22.3. The van der Waals surface area contributed by atoms with Gasteiger partial charge in [-0.1, -0.05) is 43.4 Å². The van der Waals surface area contributed by atoms with Crippen molar-refractivity contribution < 1.29 is 8.78 Å². The highest BCUT2D eigenvalue weighted by Crippen LogP contribution is 2.43. The lowest BCUT2D eigenvalue weighted by atomic mass is 9.68. The summed E-state index contributed by atoms with van der Waals surface area (Å²) in [4.78, 5) is 0. The maximum Gasteiger partial charge on any atom is 0.144 e. The Kier molecular flexibility index (Phi) is 8.54. The molecule has 158 valence electrons. The highest BCUT2D eigenvalue weighted by molar-refractivity contribution is 6.25. The topological polar surface area (TPSA) is 23.8 Å². The molecule has 0 radical (unpaired) electrons. The largest absolute Gasteiger partial charge is 0.205 e. The summed E-state index contributed by atoms with van der Waals surface area (Å²) in [5.74, 6) is 1.84. The molecule has 0 saturated heterocycles. The van der Waals surface area contributed by atoms with Gasteiger partial charge < -0.3 is 0 Å². The molecule has 0 aliphatic heterocycles. The normalized spacial score (nSPS) is 27.8. The van der Waals surface area contributed by atoms with Crippen molar-refractivity contribution in [3.05, 3.63) is 46.5 Å². The molecule has 2 aliphatic rings. The van der Waals surface area contributed by atoms with Gasteiger partial charge >= 0.3 is 0 Å². The predicted molar refractivity (Wildman–Crippen MR) is 115 cm³/mol. The molecular weight excluding hydrogens is 388 g/mol. The number of benzene rings is 1. The second kappa shape index (κ2) is 11.1. The summed E-state index contributed by atoms with van der Waals surface area (Å²) in [6.45, 7) is 0. The van der Waals surface area contributed by atoms with Crippen molar-refractivity contribution in [3.63, 3.8) is 0 Å². The van der Waals surface area contributed by atoms with Gasteiger partial charge in [0.15, 0.2) is 0 Å². The van der Waals surface area contributed by atoms with Crippen molar-refractivity contribution in [1.29, 1.82) is 5.26 Å². The van der Waals surface area contributed by atoms with Crippen LogP contribution < -0.4 is 0 Å². The Bertz CT molecular complexity index is 700. The average molecular weight is 420 g/mol. The van der Waals surface area contributed by atoms with E-state index in [2.05, 4.69) is 6.08 Å². The van der Waals surface area contributed by atoms with Crippen molar-refractivity contribution in [1.82, 2.24) is 0 Å². The number of halogens is 3. The lowest BCUT2D eigenvalue weighted by Crippen LogP contribution is -2.26. The number of hydrogen-bond donors (Lipinski definition) is 0. The van der Waals surface area contributed by atoms with Crippen molar-refractivity contribution in [3.8, 4) is 6.07 Å². The molecule has 0 amide bonds. The number of nitrogens with zero attached hydrogens (tertiary/aromatic N) is 1. The summed E-state index contributed by atoms with van der Waals surface area (Å²) < 4.78 is 27.6. The summed E-state index contributed by atoms with van der Waals surface area (Å²) in [6, 6.07) is 4.25. The second-order valence-corrected chi connectivity index (χ2v) is 9.34. The molecule has 2 saturated carbocycles. The summed E-state index contributed by atoms with van der Waals surface area (Å²) in [5, 5.41) is 8.78. The third-order valence-corrected chi connectivity index (χ3v) is 7.51. The monoisotopic (exact) mass is 419 g/mol. The SMILES string of the molecule is N#Cc1c(F)cc(CCC2CCC(C3CCC(CCC=CCl)CC3)CC2)cc1F. The van der Waals surface area contributed by atoms with E-state index in [-0.39, 0.29) is 0 Å². The molecule has 1 aromatic carbocycles. The number of hydrogen-bond acceptors (Lipinski definition) is 1. The van der Waals surface area contributed by atoms with Crippen LogP contribution in [-0.2, 0) is 6.42 Å². The van der Waals surface area contributed by atoms with Crippen LogP contribution in [0.3, 0.4) is 0 Å². The van der Waals surface area contributed by atoms with Gasteiger partial charge in [-0.05, 0) is 92.7 Å². The van der Waals surface area contributed by atoms with Crippen LogP contribution in [0.25, 0.3) is 0 Å². The van der Waals surface area contributed by atoms with Crippen LogP contribution in [0.5, 0.6) is 0 Å². The van der Waals surface area contributed by atoms with Crippen molar-refractivity contribution in [2.75, 3.05) is 0 Å². The zero-order chi connectivity index (χ0) is 20.6. The van der Waals surface area contributed by atoms with Gasteiger partial charge in [0.1, 0.15) is 23.3 Å². The lowest BCUT2D eigenvalue weighted by Gasteiger charge is -2.38. The fourth-order valence-corrected chi connectivity index (χ4v) is 5.67. The quantitative estimate of drug-likeness (QED) is 0.440. The molecule has 29 heavy (non-hydrogen) atoms. The van der Waals surface area contributed by atoms with E-state index >= 15 is 0 Å². The number of rotatable bonds is 7. The van der Waals surface area contributed by atoms with Crippen LogP contribution in [0.15, 0.2) is 23.7 Å². The highest BCUT2D eigenvalue weighted by atomic mass is 35.5. The third-order valence-electron chi connectivity index (χ3n) is 7.34. The standard InChI is InChI=1S/C25H32ClF2N/c26-14-2-1-3-18-6-10-21(11-7-18)22-12-8-19(9-13-22)4-5-20-15-24(27)23(17-29)25(28)16-20/h2,14-16,18-19,21-22H,1,3-13H2. The van der Waals surface area contributed by atoms with Gasteiger partial charge in [0.05, 0.1) is 0 Å². The second-order valence-electron chi connectivity index (χ2n) is 9.09. The Labute approximate surface area is 179 Å². The van der Waals surface area contributed by atoms with Gasteiger partial charge in [-0.2, -0.15) is 5.26 Å².